The minimum Gasteiger partial charge on any atom is -0.431 e. The SMILES string of the molecule is C[C@]12CC[C@H]3[C@@H](CC[C@@H]4C[C@@H](O)CC[C@@]43C=O)[C@@]1(O)CC[C@@H]2c1ccc(=O)oc1. The molecule has 5 heteroatoms. The molecule has 8 atom stereocenters. The van der Waals surface area contributed by atoms with Gasteiger partial charge in [-0.3, -0.25) is 0 Å². The fourth-order valence-corrected chi connectivity index (χ4v) is 8.23. The first kappa shape index (κ1) is 19.5. The predicted octanol–water partition coefficient (Wildman–Crippen LogP) is 3.42. The molecule has 5 rings (SSSR count). The maximum absolute atomic E-state index is 12.5. The Kier molecular flexibility index (Phi) is 4.38. The van der Waals surface area contributed by atoms with Gasteiger partial charge in [0, 0.05) is 16.9 Å². The normalized spacial score (nSPS) is 49.0. The smallest absolute Gasteiger partial charge is 0.335 e. The number of carbonyl (C=O) groups excluding carboxylic acids is 1. The summed E-state index contributed by atoms with van der Waals surface area (Å²) in [5.41, 5.74) is -0.799. The number of aldehydes is 1. The summed E-state index contributed by atoms with van der Waals surface area (Å²) in [5, 5.41) is 22.3. The molecule has 5 nitrogen and oxygen atoms in total. The number of fused-ring (bicyclic) bond motifs is 5. The van der Waals surface area contributed by atoms with E-state index in [-0.39, 0.29) is 46.2 Å². The molecular formula is C24H32O5. The van der Waals surface area contributed by atoms with Gasteiger partial charge in [0.05, 0.1) is 18.0 Å². The van der Waals surface area contributed by atoms with Crippen LogP contribution in [0.3, 0.4) is 0 Å². The highest BCUT2D eigenvalue weighted by Crippen LogP contribution is 2.70. The van der Waals surface area contributed by atoms with Gasteiger partial charge in [-0.05, 0) is 93.1 Å². The number of carbonyl (C=O) groups is 1. The van der Waals surface area contributed by atoms with Crippen LogP contribution in [0.25, 0.3) is 0 Å². The Hall–Kier alpha value is -1.46. The van der Waals surface area contributed by atoms with Crippen LogP contribution < -0.4 is 5.63 Å². The highest BCUT2D eigenvalue weighted by molar-refractivity contribution is 5.62. The van der Waals surface area contributed by atoms with Crippen molar-refractivity contribution in [1.82, 2.24) is 0 Å². The summed E-state index contributed by atoms with van der Waals surface area (Å²) < 4.78 is 5.14. The van der Waals surface area contributed by atoms with E-state index in [1.165, 1.54) is 12.4 Å². The van der Waals surface area contributed by atoms with Gasteiger partial charge in [-0.15, -0.1) is 0 Å². The van der Waals surface area contributed by atoms with Gasteiger partial charge in [-0.1, -0.05) is 6.92 Å². The van der Waals surface area contributed by atoms with E-state index in [4.69, 9.17) is 4.42 Å². The summed E-state index contributed by atoms with van der Waals surface area (Å²) >= 11 is 0. The van der Waals surface area contributed by atoms with Crippen molar-refractivity contribution in [3.63, 3.8) is 0 Å². The summed E-state index contributed by atoms with van der Waals surface area (Å²) in [6.45, 7) is 2.20. The maximum Gasteiger partial charge on any atom is 0.335 e. The molecule has 1 heterocycles. The van der Waals surface area contributed by atoms with E-state index < -0.39 is 5.60 Å². The predicted molar refractivity (Wildman–Crippen MR) is 107 cm³/mol. The van der Waals surface area contributed by atoms with Crippen LogP contribution in [0.1, 0.15) is 76.2 Å². The second-order valence-electron chi connectivity index (χ2n) is 10.5. The lowest BCUT2D eigenvalue weighted by atomic mass is 9.43. The van der Waals surface area contributed by atoms with Gasteiger partial charge in [0.1, 0.15) is 6.29 Å². The number of hydrogen-bond donors (Lipinski definition) is 2. The number of aliphatic hydroxyl groups is 2. The van der Waals surface area contributed by atoms with E-state index in [1.54, 1.807) is 6.26 Å². The minimum atomic E-state index is -0.798. The monoisotopic (exact) mass is 400 g/mol. The van der Waals surface area contributed by atoms with Gasteiger partial charge in [-0.25, -0.2) is 4.79 Å². The van der Waals surface area contributed by atoms with Crippen molar-refractivity contribution in [2.24, 2.45) is 28.6 Å². The maximum atomic E-state index is 12.5. The largest absolute Gasteiger partial charge is 0.431 e. The van der Waals surface area contributed by atoms with Gasteiger partial charge < -0.3 is 19.4 Å². The second-order valence-corrected chi connectivity index (χ2v) is 10.5. The molecule has 4 aliphatic rings. The number of aliphatic hydroxyl groups excluding tert-OH is 1. The summed E-state index contributed by atoms with van der Waals surface area (Å²) in [4.78, 5) is 23.9. The Bertz CT molecular complexity index is 843. The standard InChI is InChI=1S/C24H32O5/c1-22-9-7-19-20(4-3-16-12-17(26)6-10-23(16,19)14-25)24(22,28)11-8-18(22)15-2-5-21(27)29-13-15/h2,5,13-14,16-20,26,28H,3-4,6-12H2,1H3/t16-,17+,18-,19+,20-,22-,23-,24+/m1/s1. The molecular weight excluding hydrogens is 368 g/mol. The molecule has 0 unspecified atom stereocenters. The van der Waals surface area contributed by atoms with Crippen LogP contribution in [0.2, 0.25) is 0 Å². The third-order valence-electron chi connectivity index (χ3n) is 9.73. The average molecular weight is 401 g/mol. The van der Waals surface area contributed by atoms with Crippen molar-refractivity contribution in [2.45, 2.75) is 82.3 Å². The van der Waals surface area contributed by atoms with Crippen molar-refractivity contribution in [2.75, 3.05) is 0 Å². The molecule has 4 aliphatic carbocycles. The minimum absolute atomic E-state index is 0.124. The summed E-state index contributed by atoms with van der Waals surface area (Å²) in [5.74, 6) is 0.741. The Morgan fingerprint density at radius 3 is 2.62 bits per heavy atom. The van der Waals surface area contributed by atoms with Crippen molar-refractivity contribution < 1.29 is 19.4 Å². The Balaban J connectivity index is 1.50. The van der Waals surface area contributed by atoms with Crippen LogP contribution >= 0.6 is 0 Å². The van der Waals surface area contributed by atoms with E-state index >= 15 is 0 Å². The number of rotatable bonds is 2. The zero-order chi connectivity index (χ0) is 20.4. The van der Waals surface area contributed by atoms with Crippen LogP contribution in [0.4, 0.5) is 0 Å². The Labute approximate surface area is 171 Å². The van der Waals surface area contributed by atoms with Crippen molar-refractivity contribution in [3.05, 3.63) is 34.4 Å². The van der Waals surface area contributed by atoms with E-state index in [9.17, 15) is 19.8 Å². The molecule has 0 aromatic carbocycles. The molecule has 4 fully saturated rings. The second kappa shape index (κ2) is 6.52. The van der Waals surface area contributed by atoms with Gasteiger partial charge >= 0.3 is 5.63 Å². The molecule has 1 aromatic rings. The molecule has 4 saturated carbocycles. The Morgan fingerprint density at radius 1 is 1.07 bits per heavy atom. The summed E-state index contributed by atoms with van der Waals surface area (Å²) in [6.07, 6.45) is 9.93. The van der Waals surface area contributed by atoms with Crippen LogP contribution in [0.5, 0.6) is 0 Å². The first-order valence-electron chi connectivity index (χ1n) is 11.3. The van der Waals surface area contributed by atoms with Gasteiger partial charge in [0.2, 0.25) is 0 Å². The highest BCUT2D eigenvalue weighted by atomic mass is 16.4. The summed E-state index contributed by atoms with van der Waals surface area (Å²) in [7, 11) is 0. The van der Waals surface area contributed by atoms with Crippen molar-refractivity contribution >= 4 is 6.29 Å². The molecule has 0 radical (unpaired) electrons. The lowest BCUT2D eigenvalue weighted by Crippen LogP contribution is -2.63. The van der Waals surface area contributed by atoms with Gasteiger partial charge in [0.25, 0.3) is 0 Å². The number of hydrogen-bond acceptors (Lipinski definition) is 5. The molecule has 0 amide bonds. The van der Waals surface area contributed by atoms with Crippen LogP contribution in [0.15, 0.2) is 27.6 Å². The van der Waals surface area contributed by atoms with Crippen molar-refractivity contribution in [1.29, 1.82) is 0 Å². The molecule has 2 N–H and O–H groups in total. The zero-order valence-corrected chi connectivity index (χ0v) is 17.2. The first-order chi connectivity index (χ1) is 13.8. The van der Waals surface area contributed by atoms with Crippen LogP contribution in [-0.2, 0) is 4.79 Å². The van der Waals surface area contributed by atoms with E-state index in [0.717, 1.165) is 56.9 Å². The van der Waals surface area contributed by atoms with Crippen LogP contribution in [-0.4, -0.2) is 28.2 Å². The third kappa shape index (κ3) is 2.53. The molecule has 29 heavy (non-hydrogen) atoms. The molecule has 0 saturated heterocycles. The lowest BCUT2D eigenvalue weighted by Gasteiger charge is -2.62. The molecule has 0 spiro atoms. The van der Waals surface area contributed by atoms with E-state index in [2.05, 4.69) is 6.92 Å². The van der Waals surface area contributed by atoms with Gasteiger partial charge in [-0.2, -0.15) is 0 Å². The topological polar surface area (TPSA) is 87.7 Å². The summed E-state index contributed by atoms with van der Waals surface area (Å²) in [6, 6.07) is 3.33. The first-order valence-corrected chi connectivity index (χ1v) is 11.3. The quantitative estimate of drug-likeness (QED) is 0.743. The molecule has 0 aliphatic heterocycles. The van der Waals surface area contributed by atoms with E-state index in [1.807, 2.05) is 6.07 Å². The van der Waals surface area contributed by atoms with E-state index in [0.29, 0.717) is 6.42 Å². The molecule has 158 valence electrons. The van der Waals surface area contributed by atoms with Crippen molar-refractivity contribution in [3.8, 4) is 0 Å². The van der Waals surface area contributed by atoms with Gasteiger partial charge in [0.15, 0.2) is 0 Å². The average Bonchev–Trinajstić information content (AvgIpc) is 3.00. The fraction of sp³-hybridized carbons (Fsp3) is 0.750. The highest BCUT2D eigenvalue weighted by Gasteiger charge is 2.68. The molecule has 0 bridgehead atoms. The van der Waals surface area contributed by atoms with Crippen LogP contribution in [0, 0.1) is 28.6 Å². The third-order valence-corrected chi connectivity index (χ3v) is 9.73. The fourth-order valence-electron chi connectivity index (χ4n) is 8.23. The lowest BCUT2D eigenvalue weighted by molar-refractivity contribution is -0.204. The Morgan fingerprint density at radius 2 is 1.90 bits per heavy atom. The zero-order valence-electron chi connectivity index (χ0n) is 17.2. The molecule has 1 aromatic heterocycles.